The number of nitrogens with one attached hydrogen (secondary N) is 1. The number of carbonyl (C=O) groups is 3. The van der Waals surface area contributed by atoms with Crippen LogP contribution in [-0.2, 0) is 9.53 Å². The molecule has 3 amide bonds. The van der Waals surface area contributed by atoms with Crippen molar-refractivity contribution in [2.45, 2.75) is 25.9 Å². The van der Waals surface area contributed by atoms with Crippen LogP contribution in [0.5, 0.6) is 11.5 Å². The molecule has 1 N–H and O–H groups in total. The van der Waals surface area contributed by atoms with Gasteiger partial charge in [-0.25, -0.2) is 14.0 Å². The molecule has 0 aromatic heterocycles. The van der Waals surface area contributed by atoms with Crippen LogP contribution in [0, 0.1) is 5.82 Å². The standard InChI is InChI=1S/C29H35FN4O6/c1-6-40-28(36)25-22(32(3)29(37)31-26(25)19-10-11-23(38-4)24(15-19)39-5)17-33-12-13-34(18(2)16-33)27(35)20-8-7-9-21(30)14-20/h7-11,14-15,18,26H,6,12-13,16-17H2,1-5H3,(H,31,37). The first-order valence-electron chi connectivity index (χ1n) is 13.1. The number of piperazine rings is 1. The summed E-state index contributed by atoms with van der Waals surface area (Å²) in [6.07, 6.45) is 0. The fourth-order valence-corrected chi connectivity index (χ4v) is 5.16. The lowest BCUT2D eigenvalue weighted by Gasteiger charge is -2.42. The maximum atomic E-state index is 13.7. The summed E-state index contributed by atoms with van der Waals surface area (Å²) in [6, 6.07) is 9.56. The molecule has 40 heavy (non-hydrogen) atoms. The molecule has 0 bridgehead atoms. The fraction of sp³-hybridized carbons (Fsp3) is 0.414. The van der Waals surface area contributed by atoms with E-state index < -0.39 is 17.8 Å². The number of amides is 3. The first kappa shape index (κ1) is 28.9. The van der Waals surface area contributed by atoms with Crippen LogP contribution >= 0.6 is 0 Å². The number of hydrogen-bond donors (Lipinski definition) is 1. The average molecular weight is 555 g/mol. The molecule has 10 nitrogen and oxygen atoms in total. The van der Waals surface area contributed by atoms with Gasteiger partial charge in [0, 0.05) is 50.5 Å². The van der Waals surface area contributed by atoms with Gasteiger partial charge >= 0.3 is 12.0 Å². The highest BCUT2D eigenvalue weighted by molar-refractivity contribution is 5.95. The summed E-state index contributed by atoms with van der Waals surface area (Å²) in [5.74, 6) is -0.242. The van der Waals surface area contributed by atoms with Gasteiger partial charge in [0.15, 0.2) is 11.5 Å². The maximum Gasteiger partial charge on any atom is 0.338 e. The molecule has 1 fully saturated rings. The van der Waals surface area contributed by atoms with Crippen LogP contribution < -0.4 is 14.8 Å². The zero-order chi connectivity index (χ0) is 29.0. The van der Waals surface area contributed by atoms with E-state index in [-0.39, 0.29) is 31.1 Å². The Labute approximate surface area is 233 Å². The quantitative estimate of drug-likeness (QED) is 0.500. The van der Waals surface area contributed by atoms with Crippen LogP contribution in [0.4, 0.5) is 9.18 Å². The van der Waals surface area contributed by atoms with Crippen molar-refractivity contribution in [2.24, 2.45) is 0 Å². The minimum atomic E-state index is -0.772. The smallest absolute Gasteiger partial charge is 0.338 e. The van der Waals surface area contributed by atoms with E-state index in [9.17, 15) is 18.8 Å². The number of ether oxygens (including phenoxy) is 3. The second kappa shape index (κ2) is 12.4. The van der Waals surface area contributed by atoms with E-state index in [1.807, 2.05) is 6.92 Å². The third-order valence-electron chi connectivity index (χ3n) is 7.23. The van der Waals surface area contributed by atoms with Crippen molar-refractivity contribution in [3.8, 4) is 11.5 Å². The molecule has 2 unspecified atom stereocenters. The molecule has 0 radical (unpaired) electrons. The molecule has 2 aromatic rings. The van der Waals surface area contributed by atoms with Gasteiger partial charge in [0.25, 0.3) is 5.91 Å². The van der Waals surface area contributed by atoms with E-state index in [4.69, 9.17) is 14.2 Å². The third kappa shape index (κ3) is 5.89. The number of hydrogen-bond acceptors (Lipinski definition) is 7. The van der Waals surface area contributed by atoms with E-state index in [1.165, 1.54) is 37.3 Å². The van der Waals surface area contributed by atoms with Crippen molar-refractivity contribution < 1.29 is 33.0 Å². The van der Waals surface area contributed by atoms with Gasteiger partial charge in [-0.1, -0.05) is 12.1 Å². The monoisotopic (exact) mass is 554 g/mol. The van der Waals surface area contributed by atoms with Crippen LogP contribution in [0.3, 0.4) is 0 Å². The normalized spacial score (nSPS) is 19.8. The summed E-state index contributed by atoms with van der Waals surface area (Å²) >= 11 is 0. The second-order valence-electron chi connectivity index (χ2n) is 9.73. The number of methoxy groups -OCH3 is 2. The number of benzene rings is 2. The first-order valence-corrected chi connectivity index (χ1v) is 13.1. The lowest BCUT2D eigenvalue weighted by atomic mass is 9.93. The van der Waals surface area contributed by atoms with E-state index in [0.29, 0.717) is 53.5 Å². The molecule has 0 aliphatic carbocycles. The van der Waals surface area contributed by atoms with E-state index in [2.05, 4.69) is 10.2 Å². The van der Waals surface area contributed by atoms with E-state index >= 15 is 0 Å². The summed E-state index contributed by atoms with van der Waals surface area (Å²) in [5.41, 5.74) is 1.77. The summed E-state index contributed by atoms with van der Waals surface area (Å²) in [4.78, 5) is 44.7. The molecular weight excluding hydrogens is 519 g/mol. The van der Waals surface area contributed by atoms with Crippen molar-refractivity contribution in [3.05, 3.63) is 70.7 Å². The summed E-state index contributed by atoms with van der Waals surface area (Å²) < 4.78 is 29.9. The minimum Gasteiger partial charge on any atom is -0.493 e. The van der Waals surface area contributed by atoms with Gasteiger partial charge in [-0.05, 0) is 49.7 Å². The van der Waals surface area contributed by atoms with Crippen molar-refractivity contribution >= 4 is 17.9 Å². The Hall–Kier alpha value is -4.12. The Morgan fingerprint density at radius 1 is 1.07 bits per heavy atom. The first-order chi connectivity index (χ1) is 19.2. The lowest BCUT2D eigenvalue weighted by molar-refractivity contribution is -0.139. The van der Waals surface area contributed by atoms with Crippen LogP contribution in [0.2, 0.25) is 0 Å². The fourth-order valence-electron chi connectivity index (χ4n) is 5.16. The predicted octanol–water partition coefficient (Wildman–Crippen LogP) is 3.20. The maximum absolute atomic E-state index is 13.7. The van der Waals surface area contributed by atoms with E-state index in [1.54, 1.807) is 43.1 Å². The van der Waals surface area contributed by atoms with Crippen molar-refractivity contribution in [3.63, 3.8) is 0 Å². The Balaban J connectivity index is 1.63. The SMILES string of the molecule is CCOC(=O)C1=C(CN2CCN(C(=O)c3cccc(F)c3)C(C)C2)N(C)C(=O)NC1c1ccc(OC)c(OC)c1. The second-order valence-corrected chi connectivity index (χ2v) is 9.73. The summed E-state index contributed by atoms with van der Waals surface area (Å²) in [7, 11) is 4.66. The number of carbonyl (C=O) groups excluding carboxylic acids is 3. The highest BCUT2D eigenvalue weighted by Crippen LogP contribution is 2.36. The number of rotatable bonds is 8. The number of nitrogens with zero attached hydrogens (tertiary/aromatic N) is 3. The molecule has 11 heteroatoms. The van der Waals surface area contributed by atoms with Crippen LogP contribution in [0.1, 0.15) is 35.8 Å². The molecule has 4 rings (SSSR count). The average Bonchev–Trinajstić information content (AvgIpc) is 2.94. The van der Waals surface area contributed by atoms with Gasteiger partial charge in [0.1, 0.15) is 5.82 Å². The van der Waals surface area contributed by atoms with Crippen LogP contribution in [0.15, 0.2) is 53.7 Å². The molecule has 0 saturated carbocycles. The zero-order valence-corrected chi connectivity index (χ0v) is 23.4. The van der Waals surface area contributed by atoms with Gasteiger partial charge in [0.2, 0.25) is 0 Å². The molecule has 1 saturated heterocycles. The highest BCUT2D eigenvalue weighted by Gasteiger charge is 2.39. The van der Waals surface area contributed by atoms with Gasteiger partial charge in [-0.15, -0.1) is 0 Å². The predicted molar refractivity (Wildman–Crippen MR) is 146 cm³/mol. The van der Waals surface area contributed by atoms with Gasteiger partial charge < -0.3 is 24.4 Å². The van der Waals surface area contributed by atoms with Crippen molar-refractivity contribution in [2.75, 3.05) is 54.1 Å². The lowest BCUT2D eigenvalue weighted by Crippen LogP contribution is -2.56. The zero-order valence-electron chi connectivity index (χ0n) is 23.4. The van der Waals surface area contributed by atoms with Gasteiger partial charge in [-0.3, -0.25) is 14.6 Å². The van der Waals surface area contributed by atoms with Gasteiger partial charge in [-0.2, -0.15) is 0 Å². The molecule has 2 heterocycles. The van der Waals surface area contributed by atoms with Crippen molar-refractivity contribution in [1.29, 1.82) is 0 Å². The van der Waals surface area contributed by atoms with E-state index in [0.717, 1.165) is 0 Å². The number of urea groups is 1. The topological polar surface area (TPSA) is 101 Å². The van der Waals surface area contributed by atoms with Crippen LogP contribution in [0.25, 0.3) is 0 Å². The largest absolute Gasteiger partial charge is 0.493 e. The Morgan fingerprint density at radius 2 is 1.82 bits per heavy atom. The highest BCUT2D eigenvalue weighted by atomic mass is 19.1. The molecule has 2 aromatic carbocycles. The summed E-state index contributed by atoms with van der Waals surface area (Å²) in [6.45, 7) is 5.52. The minimum absolute atomic E-state index is 0.170. The molecule has 0 spiro atoms. The molecule has 2 aliphatic rings. The Kier molecular flexibility index (Phi) is 8.93. The molecule has 214 valence electrons. The molecule has 2 aliphatic heterocycles. The molecule has 2 atom stereocenters. The van der Waals surface area contributed by atoms with Crippen LogP contribution in [-0.4, -0.2) is 92.7 Å². The number of likely N-dealkylation sites (N-methyl/N-ethyl adjacent to an activating group) is 1. The number of halogens is 1. The van der Waals surface area contributed by atoms with Gasteiger partial charge in [0.05, 0.1) is 32.4 Å². The van der Waals surface area contributed by atoms with Crippen molar-refractivity contribution in [1.82, 2.24) is 20.0 Å². The third-order valence-corrected chi connectivity index (χ3v) is 7.23. The Bertz CT molecular complexity index is 1320. The Morgan fingerprint density at radius 3 is 2.48 bits per heavy atom. The summed E-state index contributed by atoms with van der Waals surface area (Å²) in [5, 5.41) is 2.91. The number of esters is 1. The molecular formula is C29H35FN4O6.